The minimum Gasteiger partial charge on any atom is -0.393 e. The van der Waals surface area contributed by atoms with Gasteiger partial charge in [0.2, 0.25) is 5.91 Å². The van der Waals surface area contributed by atoms with Crippen molar-refractivity contribution in [3.05, 3.63) is 35.4 Å². The van der Waals surface area contributed by atoms with Gasteiger partial charge in [0.15, 0.2) is 0 Å². The third kappa shape index (κ3) is 3.60. The van der Waals surface area contributed by atoms with Crippen molar-refractivity contribution in [3.63, 3.8) is 0 Å². The van der Waals surface area contributed by atoms with Crippen LogP contribution in [0.1, 0.15) is 68.9 Å². The molecule has 1 aromatic carbocycles. The molecule has 3 atom stereocenters. The Morgan fingerprint density at radius 1 is 1.00 bits per heavy atom. The number of aliphatic hydroxyl groups excluding tert-OH is 1. The average molecular weight is 494 g/mol. The number of urea groups is 1. The minimum absolute atomic E-state index is 0.0225. The summed E-state index contributed by atoms with van der Waals surface area (Å²) >= 11 is 0. The van der Waals surface area contributed by atoms with Crippen LogP contribution in [0, 0.1) is 23.2 Å². The summed E-state index contributed by atoms with van der Waals surface area (Å²) in [6, 6.07) is 8.61. The van der Waals surface area contributed by atoms with Gasteiger partial charge in [0.25, 0.3) is 0 Å². The lowest BCUT2D eigenvalue weighted by Gasteiger charge is -2.58. The standard InChI is InChI=1S/C29H39N3O4/c33-25-21-12-19-13-22(25)16-28(14-19,15-21)26(34)30-23-5-3-9-32(17-23)27(35)31-10-7-29(8-11-31)24-6-2-1-4-20(24)18-36-29/h1-2,4,6,19,21-23,25,33H,3,5,7-18H2,(H,30,34)/t19?,21?,22?,23-,25?,28?/m0/s1. The number of likely N-dealkylation sites (tertiary alicyclic amines) is 2. The highest BCUT2D eigenvalue weighted by Gasteiger charge is 2.58. The zero-order chi connectivity index (χ0) is 24.5. The number of nitrogens with zero attached hydrogens (tertiary/aromatic N) is 2. The average Bonchev–Trinajstić information content (AvgIpc) is 3.25. The van der Waals surface area contributed by atoms with Gasteiger partial charge in [-0.2, -0.15) is 0 Å². The summed E-state index contributed by atoms with van der Waals surface area (Å²) in [6.45, 7) is 3.43. The highest BCUT2D eigenvalue weighted by molar-refractivity contribution is 5.83. The quantitative estimate of drug-likeness (QED) is 0.662. The molecule has 36 heavy (non-hydrogen) atoms. The molecule has 0 aromatic heterocycles. The lowest BCUT2D eigenvalue weighted by Crippen LogP contribution is -2.61. The third-order valence-electron chi connectivity index (χ3n) is 10.6. The Labute approximate surface area is 213 Å². The number of benzene rings is 1. The second-order valence-corrected chi connectivity index (χ2v) is 12.7. The van der Waals surface area contributed by atoms with E-state index in [9.17, 15) is 14.7 Å². The summed E-state index contributed by atoms with van der Waals surface area (Å²) in [5.74, 6) is 1.37. The number of rotatable bonds is 2. The number of hydrogen-bond acceptors (Lipinski definition) is 4. The normalized spacial score (nSPS) is 38.3. The topological polar surface area (TPSA) is 82.1 Å². The molecule has 3 heterocycles. The van der Waals surface area contributed by atoms with E-state index in [2.05, 4.69) is 29.6 Å². The lowest BCUT2D eigenvalue weighted by molar-refractivity contribution is -0.164. The van der Waals surface area contributed by atoms with Crippen LogP contribution in [0.5, 0.6) is 0 Å². The van der Waals surface area contributed by atoms with E-state index in [1.54, 1.807) is 0 Å². The summed E-state index contributed by atoms with van der Waals surface area (Å²) in [5.41, 5.74) is 2.05. The third-order valence-corrected chi connectivity index (χ3v) is 10.6. The number of hydrogen-bond donors (Lipinski definition) is 2. The van der Waals surface area contributed by atoms with Crippen LogP contribution in [0.2, 0.25) is 0 Å². The van der Waals surface area contributed by atoms with E-state index < -0.39 is 0 Å². The number of fused-ring (bicyclic) bond motifs is 2. The molecule has 1 aromatic rings. The number of aliphatic hydroxyl groups is 1. The first kappa shape index (κ1) is 23.0. The van der Waals surface area contributed by atoms with Gasteiger partial charge in [0.05, 0.1) is 23.7 Å². The minimum atomic E-state index is -0.291. The Bertz CT molecular complexity index is 1030. The van der Waals surface area contributed by atoms with Crippen molar-refractivity contribution in [2.45, 2.75) is 82.1 Å². The number of carbonyl (C=O) groups excluding carboxylic acids is 2. The second kappa shape index (κ2) is 8.45. The fraction of sp³-hybridized carbons (Fsp3) is 0.724. The van der Waals surface area contributed by atoms with E-state index in [1.165, 1.54) is 11.1 Å². The Balaban J connectivity index is 0.967. The number of ether oxygens (including phenoxy) is 1. The maximum atomic E-state index is 13.6. The van der Waals surface area contributed by atoms with Crippen molar-refractivity contribution in [1.82, 2.24) is 15.1 Å². The summed E-state index contributed by atoms with van der Waals surface area (Å²) in [5, 5.41) is 14.0. The van der Waals surface area contributed by atoms with Crippen LogP contribution in [-0.2, 0) is 21.7 Å². The van der Waals surface area contributed by atoms with E-state index in [1.807, 2.05) is 9.80 Å². The van der Waals surface area contributed by atoms with Crippen LogP contribution < -0.4 is 5.32 Å². The SMILES string of the molecule is O=C(N1CCC2(CC1)OCc1ccccc12)N1CCC[C@H](NC(=O)C23CC4CC(C2)C(O)C(C4)C3)C1. The molecule has 194 valence electrons. The van der Waals surface area contributed by atoms with Crippen molar-refractivity contribution in [2.75, 3.05) is 26.2 Å². The zero-order valence-corrected chi connectivity index (χ0v) is 21.2. The van der Waals surface area contributed by atoms with E-state index >= 15 is 0 Å². The van der Waals surface area contributed by atoms with Crippen LogP contribution in [0.25, 0.3) is 0 Å². The molecule has 2 N–H and O–H groups in total. The van der Waals surface area contributed by atoms with Crippen molar-refractivity contribution >= 4 is 11.9 Å². The number of nitrogens with one attached hydrogen (secondary N) is 1. The summed E-state index contributed by atoms with van der Waals surface area (Å²) in [6.07, 6.45) is 8.14. The molecule has 6 fully saturated rings. The predicted molar refractivity (Wildman–Crippen MR) is 134 cm³/mol. The monoisotopic (exact) mass is 493 g/mol. The molecule has 7 nitrogen and oxygen atoms in total. The maximum absolute atomic E-state index is 13.6. The Morgan fingerprint density at radius 3 is 2.53 bits per heavy atom. The van der Waals surface area contributed by atoms with Gasteiger partial charge in [-0.3, -0.25) is 4.79 Å². The molecule has 7 heteroatoms. The molecular weight excluding hydrogens is 454 g/mol. The smallest absolute Gasteiger partial charge is 0.320 e. The Hall–Kier alpha value is -2.12. The second-order valence-electron chi connectivity index (χ2n) is 12.7. The van der Waals surface area contributed by atoms with E-state index in [0.717, 1.165) is 64.3 Å². The molecule has 0 radical (unpaired) electrons. The molecule has 4 bridgehead atoms. The van der Waals surface area contributed by atoms with Crippen molar-refractivity contribution in [1.29, 1.82) is 0 Å². The summed E-state index contributed by atoms with van der Waals surface area (Å²) < 4.78 is 6.28. The lowest BCUT2D eigenvalue weighted by atomic mass is 9.48. The fourth-order valence-corrected chi connectivity index (χ4v) is 8.94. The van der Waals surface area contributed by atoms with E-state index in [4.69, 9.17) is 4.74 Å². The van der Waals surface area contributed by atoms with Crippen molar-refractivity contribution in [3.8, 4) is 0 Å². The molecule has 2 unspecified atom stereocenters. The highest BCUT2D eigenvalue weighted by Crippen LogP contribution is 2.60. The van der Waals surface area contributed by atoms with Crippen LogP contribution in [0.3, 0.4) is 0 Å². The van der Waals surface area contributed by atoms with Gasteiger partial charge in [0, 0.05) is 32.2 Å². The maximum Gasteiger partial charge on any atom is 0.320 e. The predicted octanol–water partition coefficient (Wildman–Crippen LogP) is 3.40. The molecular formula is C29H39N3O4. The van der Waals surface area contributed by atoms with E-state index in [-0.39, 0.29) is 35.1 Å². The fourth-order valence-electron chi connectivity index (χ4n) is 8.94. The van der Waals surface area contributed by atoms with Gasteiger partial charge in [0.1, 0.15) is 0 Å². The van der Waals surface area contributed by atoms with Gasteiger partial charge in [-0.25, -0.2) is 4.79 Å². The van der Waals surface area contributed by atoms with Gasteiger partial charge in [-0.05, 0) is 86.7 Å². The Kier molecular flexibility index (Phi) is 5.41. The number of amides is 3. The summed E-state index contributed by atoms with van der Waals surface area (Å²) in [7, 11) is 0. The molecule has 2 saturated heterocycles. The zero-order valence-electron chi connectivity index (χ0n) is 21.2. The molecule has 1 spiro atoms. The van der Waals surface area contributed by atoms with Gasteiger partial charge in [-0.1, -0.05) is 24.3 Å². The van der Waals surface area contributed by atoms with Crippen molar-refractivity contribution < 1.29 is 19.4 Å². The number of piperidine rings is 2. The van der Waals surface area contributed by atoms with Crippen LogP contribution in [0.15, 0.2) is 24.3 Å². The molecule has 3 aliphatic heterocycles. The molecule has 8 rings (SSSR count). The van der Waals surface area contributed by atoms with Crippen LogP contribution in [-0.4, -0.2) is 65.2 Å². The Morgan fingerprint density at radius 2 is 1.75 bits per heavy atom. The van der Waals surface area contributed by atoms with E-state index in [0.29, 0.717) is 44.0 Å². The van der Waals surface area contributed by atoms with Crippen molar-refractivity contribution in [2.24, 2.45) is 23.2 Å². The largest absolute Gasteiger partial charge is 0.393 e. The first-order valence-corrected chi connectivity index (χ1v) is 14.2. The first-order valence-electron chi connectivity index (χ1n) is 14.2. The van der Waals surface area contributed by atoms with Crippen LogP contribution >= 0.6 is 0 Å². The molecule has 3 amide bonds. The highest BCUT2D eigenvalue weighted by atomic mass is 16.5. The molecule has 4 aliphatic carbocycles. The molecule has 4 saturated carbocycles. The number of carbonyl (C=O) groups is 2. The van der Waals surface area contributed by atoms with Gasteiger partial charge < -0.3 is 25.0 Å². The van der Waals surface area contributed by atoms with Gasteiger partial charge in [-0.15, -0.1) is 0 Å². The molecule has 7 aliphatic rings. The van der Waals surface area contributed by atoms with Crippen LogP contribution in [0.4, 0.5) is 4.79 Å². The summed E-state index contributed by atoms with van der Waals surface area (Å²) in [4.78, 5) is 31.0. The van der Waals surface area contributed by atoms with Gasteiger partial charge >= 0.3 is 6.03 Å². The first-order chi connectivity index (χ1) is 17.4.